The highest BCUT2D eigenvalue weighted by atomic mass is 35.5. The van der Waals surface area contributed by atoms with Gasteiger partial charge in [-0.3, -0.25) is 0 Å². The Morgan fingerprint density at radius 1 is 1.07 bits per heavy atom. The lowest BCUT2D eigenvalue weighted by Crippen LogP contribution is -1.81. The maximum Gasteiger partial charge on any atom is 0.124 e. The lowest BCUT2D eigenvalue weighted by atomic mass is 10.1. The van der Waals surface area contributed by atoms with Crippen LogP contribution in [-0.2, 0) is 0 Å². The average Bonchev–Trinajstić information content (AvgIpc) is 2.17. The van der Waals surface area contributed by atoms with Crippen molar-refractivity contribution in [1.29, 1.82) is 0 Å². The number of rotatable bonds is 1. The lowest BCUT2D eigenvalue weighted by Gasteiger charge is -2.04. The predicted octanol–water partition coefficient (Wildman–Crippen LogP) is 4.60. The summed E-state index contributed by atoms with van der Waals surface area (Å²) in [7, 11) is 0. The van der Waals surface area contributed by atoms with Crippen molar-refractivity contribution in [2.45, 2.75) is 0 Å². The molecule has 0 atom stereocenters. The molecule has 0 saturated heterocycles. The quantitative estimate of drug-likeness (QED) is 0.683. The zero-order valence-electron chi connectivity index (χ0n) is 7.60. The Labute approximate surface area is 97.3 Å². The van der Waals surface area contributed by atoms with Gasteiger partial charge in [-0.2, -0.15) is 0 Å². The minimum Gasteiger partial charge on any atom is -0.207 e. The van der Waals surface area contributed by atoms with Gasteiger partial charge in [0.05, 0.1) is 5.02 Å². The van der Waals surface area contributed by atoms with Crippen LogP contribution in [0.5, 0.6) is 0 Å². The van der Waals surface area contributed by atoms with Crippen molar-refractivity contribution in [1.82, 2.24) is 0 Å². The Balaban J connectivity index is 2.54. The van der Waals surface area contributed by atoms with Gasteiger partial charge in [0.2, 0.25) is 0 Å². The van der Waals surface area contributed by atoms with Crippen LogP contribution in [-0.4, -0.2) is 0 Å². The van der Waals surface area contributed by atoms with Gasteiger partial charge >= 0.3 is 0 Å². The highest BCUT2D eigenvalue weighted by Gasteiger charge is 2.05. The van der Waals surface area contributed by atoms with E-state index in [4.69, 9.17) is 23.2 Å². The van der Waals surface area contributed by atoms with Gasteiger partial charge < -0.3 is 0 Å². The van der Waals surface area contributed by atoms with Crippen LogP contribution in [0.4, 0.5) is 4.39 Å². The van der Waals surface area contributed by atoms with E-state index in [1.165, 1.54) is 12.1 Å². The molecule has 0 spiro atoms. The van der Waals surface area contributed by atoms with E-state index in [0.717, 1.165) is 11.1 Å². The molecule has 2 rings (SSSR count). The molecule has 3 heteroatoms. The van der Waals surface area contributed by atoms with Gasteiger partial charge in [-0.25, -0.2) is 4.39 Å². The third-order valence-corrected chi connectivity index (χ3v) is 2.53. The van der Waals surface area contributed by atoms with Crippen LogP contribution in [0.2, 0.25) is 10.0 Å². The molecule has 0 aromatic heterocycles. The SMILES string of the molecule is Fc1ccc(-c2[c]ccc(Cl)c2)c(Cl)c1. The van der Waals surface area contributed by atoms with Gasteiger partial charge in [0.15, 0.2) is 0 Å². The third kappa shape index (κ3) is 2.31. The van der Waals surface area contributed by atoms with Crippen LogP contribution in [0, 0.1) is 11.9 Å². The molecule has 0 aliphatic heterocycles. The second-order valence-electron chi connectivity index (χ2n) is 3.04. The molecular weight excluding hydrogens is 234 g/mol. The van der Waals surface area contributed by atoms with Crippen molar-refractivity contribution in [3.8, 4) is 11.1 Å². The second kappa shape index (κ2) is 4.21. The summed E-state index contributed by atoms with van der Waals surface area (Å²) >= 11 is 11.8. The Morgan fingerprint density at radius 2 is 1.87 bits per heavy atom. The van der Waals surface area contributed by atoms with Crippen molar-refractivity contribution < 1.29 is 4.39 Å². The predicted molar refractivity (Wildman–Crippen MR) is 60.7 cm³/mol. The first kappa shape index (κ1) is 10.5. The maximum atomic E-state index is 12.8. The molecule has 0 aliphatic carbocycles. The molecule has 0 aliphatic rings. The van der Waals surface area contributed by atoms with E-state index in [2.05, 4.69) is 6.07 Å². The van der Waals surface area contributed by atoms with Gasteiger partial charge in [0.25, 0.3) is 0 Å². The fourth-order valence-corrected chi connectivity index (χ4v) is 1.74. The van der Waals surface area contributed by atoms with Crippen LogP contribution in [0.3, 0.4) is 0 Å². The smallest absolute Gasteiger partial charge is 0.124 e. The van der Waals surface area contributed by atoms with Crippen LogP contribution < -0.4 is 0 Å². The minimum atomic E-state index is -0.356. The summed E-state index contributed by atoms with van der Waals surface area (Å²) in [6, 6.07) is 12.4. The summed E-state index contributed by atoms with van der Waals surface area (Å²) < 4.78 is 12.8. The molecule has 0 unspecified atom stereocenters. The van der Waals surface area contributed by atoms with Gasteiger partial charge in [0.1, 0.15) is 5.82 Å². The van der Waals surface area contributed by atoms with Crippen molar-refractivity contribution in [3.05, 3.63) is 58.3 Å². The number of hydrogen-bond acceptors (Lipinski definition) is 0. The topological polar surface area (TPSA) is 0 Å². The molecule has 0 N–H and O–H groups in total. The largest absolute Gasteiger partial charge is 0.207 e. The first-order valence-corrected chi connectivity index (χ1v) is 5.05. The van der Waals surface area contributed by atoms with Gasteiger partial charge in [-0.1, -0.05) is 29.3 Å². The monoisotopic (exact) mass is 239 g/mol. The molecule has 75 valence electrons. The summed E-state index contributed by atoms with van der Waals surface area (Å²) in [6.07, 6.45) is 0. The molecule has 15 heavy (non-hydrogen) atoms. The van der Waals surface area contributed by atoms with Crippen LogP contribution in [0.15, 0.2) is 36.4 Å². The highest BCUT2D eigenvalue weighted by molar-refractivity contribution is 6.33. The Bertz CT molecular complexity index is 495. The lowest BCUT2D eigenvalue weighted by molar-refractivity contribution is 0.628. The fraction of sp³-hybridized carbons (Fsp3) is 0. The Hall–Kier alpha value is -1.05. The Kier molecular flexibility index (Phi) is 2.94. The van der Waals surface area contributed by atoms with E-state index in [1.54, 1.807) is 24.3 Å². The first-order valence-electron chi connectivity index (χ1n) is 4.29. The zero-order valence-corrected chi connectivity index (χ0v) is 9.11. The first-order chi connectivity index (χ1) is 7.16. The van der Waals surface area contributed by atoms with Crippen molar-refractivity contribution in [3.63, 3.8) is 0 Å². The molecule has 0 amide bonds. The summed E-state index contributed by atoms with van der Waals surface area (Å²) in [6.45, 7) is 0. The van der Waals surface area contributed by atoms with E-state index in [-0.39, 0.29) is 5.82 Å². The standard InChI is InChI=1S/C12H6Cl2F/c13-9-3-1-2-8(6-9)11-5-4-10(15)7-12(11)14/h1,3-7H. The van der Waals surface area contributed by atoms with E-state index >= 15 is 0 Å². The highest BCUT2D eigenvalue weighted by Crippen LogP contribution is 2.29. The van der Waals surface area contributed by atoms with Crippen molar-refractivity contribution in [2.75, 3.05) is 0 Å². The van der Waals surface area contributed by atoms with Crippen molar-refractivity contribution >= 4 is 23.2 Å². The van der Waals surface area contributed by atoms with E-state index in [0.29, 0.717) is 10.0 Å². The average molecular weight is 240 g/mol. The molecule has 2 aromatic carbocycles. The molecule has 0 saturated carbocycles. The fourth-order valence-electron chi connectivity index (χ4n) is 1.30. The number of halogens is 3. The van der Waals surface area contributed by atoms with E-state index < -0.39 is 0 Å². The maximum absolute atomic E-state index is 12.8. The van der Waals surface area contributed by atoms with Crippen LogP contribution in [0.25, 0.3) is 11.1 Å². The summed E-state index contributed by atoms with van der Waals surface area (Å²) in [4.78, 5) is 0. The van der Waals surface area contributed by atoms with Crippen LogP contribution >= 0.6 is 23.2 Å². The molecule has 0 bridgehead atoms. The molecule has 0 nitrogen and oxygen atoms in total. The molecule has 0 fully saturated rings. The number of hydrogen-bond donors (Lipinski definition) is 0. The summed E-state index contributed by atoms with van der Waals surface area (Å²) in [5, 5.41) is 0.956. The third-order valence-electron chi connectivity index (χ3n) is 1.98. The summed E-state index contributed by atoms with van der Waals surface area (Å²) in [5.41, 5.74) is 1.48. The van der Waals surface area contributed by atoms with Gasteiger partial charge in [-0.05, 0) is 42.0 Å². The summed E-state index contributed by atoms with van der Waals surface area (Å²) in [5.74, 6) is -0.356. The second-order valence-corrected chi connectivity index (χ2v) is 3.89. The van der Waals surface area contributed by atoms with Gasteiger partial charge in [-0.15, -0.1) is 0 Å². The molecule has 1 radical (unpaired) electrons. The van der Waals surface area contributed by atoms with Crippen LogP contribution in [0.1, 0.15) is 0 Å². The van der Waals surface area contributed by atoms with Gasteiger partial charge in [0, 0.05) is 10.6 Å². The Morgan fingerprint density at radius 3 is 2.53 bits per heavy atom. The van der Waals surface area contributed by atoms with E-state index in [9.17, 15) is 4.39 Å². The number of benzene rings is 2. The van der Waals surface area contributed by atoms with E-state index in [1.807, 2.05) is 0 Å². The minimum absolute atomic E-state index is 0.355. The molecule has 0 heterocycles. The zero-order chi connectivity index (χ0) is 10.8. The van der Waals surface area contributed by atoms with Crippen molar-refractivity contribution in [2.24, 2.45) is 0 Å². The normalized spacial score (nSPS) is 10.3. The molecular formula is C12H6Cl2F. The molecule has 2 aromatic rings.